The molecule has 0 amide bonds. The van der Waals surface area contributed by atoms with Gasteiger partial charge in [-0.3, -0.25) is 0 Å². The van der Waals surface area contributed by atoms with Crippen molar-refractivity contribution >= 4 is 0 Å². The number of hydrogen-bond acceptors (Lipinski definition) is 2. The summed E-state index contributed by atoms with van der Waals surface area (Å²) in [4.78, 5) is 0. The highest BCUT2D eigenvalue weighted by atomic mass is 19.4. The van der Waals surface area contributed by atoms with Gasteiger partial charge in [-0.1, -0.05) is 24.3 Å². The maximum atomic E-state index is 13.1. The highest BCUT2D eigenvalue weighted by Gasteiger charge is 2.34. The number of benzene rings is 2. The first-order chi connectivity index (χ1) is 10.6. The predicted molar refractivity (Wildman–Crippen MR) is 69.5 cm³/mol. The van der Waals surface area contributed by atoms with E-state index < -0.39 is 30.5 Å². The van der Waals surface area contributed by atoms with Crippen molar-refractivity contribution < 1.29 is 36.2 Å². The lowest BCUT2D eigenvalue weighted by Crippen LogP contribution is -2.17. The summed E-state index contributed by atoms with van der Waals surface area (Å²) in [6, 6.07) is 7.34. The van der Waals surface area contributed by atoms with Crippen LogP contribution in [0.1, 0.15) is 11.1 Å². The van der Waals surface area contributed by atoms with Gasteiger partial charge in [0.2, 0.25) is 0 Å². The van der Waals surface area contributed by atoms with Crippen LogP contribution in [0.15, 0.2) is 42.5 Å². The van der Waals surface area contributed by atoms with Crippen molar-refractivity contribution in [2.24, 2.45) is 0 Å². The van der Waals surface area contributed by atoms with Crippen molar-refractivity contribution in [3.8, 4) is 16.9 Å². The standard InChI is InChI=1S/C15H10F6O2/c16-14(17,18)13-7-9(8-22)1-6-12(13)10-2-4-11(5-3-10)23-15(19,20)21/h1-7,22H,8H2. The number of alkyl halides is 6. The summed E-state index contributed by atoms with van der Waals surface area (Å²) in [5, 5.41) is 8.94. The molecular formula is C15H10F6O2. The van der Waals surface area contributed by atoms with E-state index in [-0.39, 0.29) is 16.7 Å². The Kier molecular flexibility index (Phi) is 4.56. The zero-order valence-corrected chi connectivity index (χ0v) is 11.4. The van der Waals surface area contributed by atoms with Crippen LogP contribution in [0.3, 0.4) is 0 Å². The first kappa shape index (κ1) is 17.1. The SMILES string of the molecule is OCc1ccc(-c2ccc(OC(F)(F)F)cc2)c(C(F)(F)F)c1. The zero-order chi connectivity index (χ0) is 17.3. The van der Waals surface area contributed by atoms with E-state index in [4.69, 9.17) is 5.11 Å². The first-order valence-electron chi connectivity index (χ1n) is 6.27. The van der Waals surface area contributed by atoms with Crippen LogP contribution in [-0.4, -0.2) is 11.5 Å². The Labute approximate surface area is 126 Å². The van der Waals surface area contributed by atoms with Gasteiger partial charge in [-0.15, -0.1) is 13.2 Å². The Morgan fingerprint density at radius 2 is 1.48 bits per heavy atom. The average molecular weight is 336 g/mol. The molecule has 0 saturated heterocycles. The van der Waals surface area contributed by atoms with E-state index in [1.807, 2.05) is 0 Å². The lowest BCUT2D eigenvalue weighted by molar-refractivity contribution is -0.274. The molecule has 0 aromatic heterocycles. The second-order valence-electron chi connectivity index (χ2n) is 4.61. The number of hydrogen-bond donors (Lipinski definition) is 1. The third kappa shape index (κ3) is 4.38. The molecule has 2 rings (SSSR count). The van der Waals surface area contributed by atoms with Gasteiger partial charge in [0, 0.05) is 0 Å². The summed E-state index contributed by atoms with van der Waals surface area (Å²) in [6.45, 7) is -0.554. The first-order valence-corrected chi connectivity index (χ1v) is 6.27. The maximum absolute atomic E-state index is 13.1. The van der Waals surface area contributed by atoms with Crippen LogP contribution in [0, 0.1) is 0 Å². The molecule has 124 valence electrons. The third-order valence-corrected chi connectivity index (χ3v) is 2.97. The van der Waals surface area contributed by atoms with Gasteiger partial charge in [0.15, 0.2) is 0 Å². The van der Waals surface area contributed by atoms with Crippen molar-refractivity contribution in [2.75, 3.05) is 0 Å². The molecule has 0 aliphatic heterocycles. The van der Waals surface area contributed by atoms with E-state index in [0.717, 1.165) is 36.4 Å². The molecule has 0 atom stereocenters. The summed E-state index contributed by atoms with van der Waals surface area (Å²) in [6.07, 6.45) is -9.54. The highest BCUT2D eigenvalue weighted by molar-refractivity contribution is 5.69. The van der Waals surface area contributed by atoms with Crippen molar-refractivity contribution in [1.29, 1.82) is 0 Å². The number of halogens is 6. The lowest BCUT2D eigenvalue weighted by atomic mass is 9.97. The summed E-state index contributed by atoms with van der Waals surface area (Å²) in [5.74, 6) is -0.526. The Morgan fingerprint density at radius 1 is 0.870 bits per heavy atom. The van der Waals surface area contributed by atoms with Gasteiger partial charge in [-0.2, -0.15) is 13.2 Å². The Bertz CT molecular complexity index is 674. The summed E-state index contributed by atoms with van der Waals surface area (Å²) >= 11 is 0. The molecule has 23 heavy (non-hydrogen) atoms. The molecule has 0 saturated carbocycles. The predicted octanol–water partition coefficient (Wildman–Crippen LogP) is 4.76. The largest absolute Gasteiger partial charge is 0.573 e. The van der Waals surface area contributed by atoms with Gasteiger partial charge in [0.05, 0.1) is 12.2 Å². The summed E-state index contributed by atoms with van der Waals surface area (Å²) in [5.41, 5.74) is -1.02. The molecule has 0 radical (unpaired) electrons. The van der Waals surface area contributed by atoms with Gasteiger partial charge in [0.1, 0.15) is 5.75 Å². The minimum Gasteiger partial charge on any atom is -0.406 e. The molecule has 0 aliphatic carbocycles. The minimum absolute atomic E-state index is 0.0799. The molecule has 0 aliphatic rings. The molecule has 0 heterocycles. The number of rotatable bonds is 3. The monoisotopic (exact) mass is 336 g/mol. The minimum atomic E-state index is -4.87. The van der Waals surface area contributed by atoms with Crippen LogP contribution in [0.5, 0.6) is 5.75 Å². The molecule has 2 aromatic carbocycles. The van der Waals surface area contributed by atoms with E-state index in [2.05, 4.69) is 4.74 Å². The fourth-order valence-electron chi connectivity index (χ4n) is 2.01. The van der Waals surface area contributed by atoms with Crippen LogP contribution in [0.2, 0.25) is 0 Å². The van der Waals surface area contributed by atoms with Gasteiger partial charge in [-0.05, 0) is 34.9 Å². The van der Waals surface area contributed by atoms with Gasteiger partial charge < -0.3 is 9.84 Å². The summed E-state index contributed by atoms with van der Waals surface area (Å²) in [7, 11) is 0. The topological polar surface area (TPSA) is 29.5 Å². The molecule has 2 aromatic rings. The highest BCUT2D eigenvalue weighted by Crippen LogP contribution is 2.38. The van der Waals surface area contributed by atoms with Crippen LogP contribution in [0.4, 0.5) is 26.3 Å². The van der Waals surface area contributed by atoms with Crippen molar-refractivity contribution in [1.82, 2.24) is 0 Å². The van der Waals surface area contributed by atoms with E-state index >= 15 is 0 Å². The Balaban J connectivity index is 2.42. The van der Waals surface area contributed by atoms with Crippen LogP contribution in [-0.2, 0) is 12.8 Å². The quantitative estimate of drug-likeness (QED) is 0.819. The van der Waals surface area contributed by atoms with Crippen LogP contribution >= 0.6 is 0 Å². The van der Waals surface area contributed by atoms with Crippen LogP contribution in [0.25, 0.3) is 11.1 Å². The van der Waals surface area contributed by atoms with E-state index in [0.29, 0.717) is 0 Å². The van der Waals surface area contributed by atoms with Crippen molar-refractivity contribution in [2.45, 2.75) is 19.1 Å². The maximum Gasteiger partial charge on any atom is 0.573 e. The number of ether oxygens (including phenoxy) is 1. The smallest absolute Gasteiger partial charge is 0.406 e. The molecule has 0 bridgehead atoms. The number of aliphatic hydroxyl groups is 1. The van der Waals surface area contributed by atoms with Gasteiger partial charge in [-0.25, -0.2) is 0 Å². The van der Waals surface area contributed by atoms with Crippen molar-refractivity contribution in [3.63, 3.8) is 0 Å². The second-order valence-corrected chi connectivity index (χ2v) is 4.61. The molecule has 0 spiro atoms. The van der Waals surface area contributed by atoms with Crippen LogP contribution < -0.4 is 4.74 Å². The molecule has 2 nitrogen and oxygen atoms in total. The van der Waals surface area contributed by atoms with E-state index in [1.165, 1.54) is 6.07 Å². The zero-order valence-electron chi connectivity index (χ0n) is 11.4. The molecular weight excluding hydrogens is 326 g/mol. The average Bonchev–Trinajstić information content (AvgIpc) is 2.45. The molecule has 0 fully saturated rings. The van der Waals surface area contributed by atoms with E-state index in [9.17, 15) is 26.3 Å². The third-order valence-electron chi connectivity index (χ3n) is 2.97. The molecule has 8 heteroatoms. The molecule has 1 N–H and O–H groups in total. The number of aliphatic hydroxyl groups excluding tert-OH is 1. The van der Waals surface area contributed by atoms with E-state index in [1.54, 1.807) is 0 Å². The molecule has 0 unspecified atom stereocenters. The fraction of sp³-hybridized carbons (Fsp3) is 0.200. The fourth-order valence-corrected chi connectivity index (χ4v) is 2.01. The van der Waals surface area contributed by atoms with Crippen molar-refractivity contribution in [3.05, 3.63) is 53.6 Å². The Morgan fingerprint density at radius 3 is 1.96 bits per heavy atom. The van der Waals surface area contributed by atoms with Gasteiger partial charge in [0.25, 0.3) is 0 Å². The second kappa shape index (κ2) is 6.11. The lowest BCUT2D eigenvalue weighted by Gasteiger charge is -2.15. The Hall–Kier alpha value is -2.22. The summed E-state index contributed by atoms with van der Waals surface area (Å²) < 4.78 is 79.2. The van der Waals surface area contributed by atoms with Gasteiger partial charge >= 0.3 is 12.5 Å². The normalized spacial score (nSPS) is 12.3.